The molecule has 3 nitrogen and oxygen atoms in total. The highest BCUT2D eigenvalue weighted by molar-refractivity contribution is 5.32. The molecule has 0 bridgehead atoms. The highest BCUT2D eigenvalue weighted by Gasteiger charge is 2.15. The van der Waals surface area contributed by atoms with Crippen LogP contribution in [0.1, 0.15) is 19.4 Å². The van der Waals surface area contributed by atoms with Crippen LogP contribution in [0.25, 0.3) is 0 Å². The smallest absolute Gasteiger partial charge is 0.123 e. The van der Waals surface area contributed by atoms with Gasteiger partial charge in [-0.3, -0.25) is 0 Å². The number of aliphatic hydroxyl groups excluding tert-OH is 1. The molecule has 1 aromatic rings. The van der Waals surface area contributed by atoms with Crippen LogP contribution in [0.2, 0.25) is 0 Å². The Morgan fingerprint density at radius 3 is 2.69 bits per heavy atom. The fraction of sp³-hybridized carbons (Fsp3) is 0.500. The Hall–Kier alpha value is -1.13. The largest absolute Gasteiger partial charge is 0.508 e. The van der Waals surface area contributed by atoms with Crippen molar-refractivity contribution in [1.82, 2.24) is 5.32 Å². The second-order valence-corrected chi connectivity index (χ2v) is 4.70. The molecular formula is C12H18FNO2. The molecule has 0 saturated carbocycles. The molecule has 0 aliphatic rings. The highest BCUT2D eigenvalue weighted by atomic mass is 19.1. The van der Waals surface area contributed by atoms with Crippen LogP contribution in [0.15, 0.2) is 18.2 Å². The Morgan fingerprint density at radius 1 is 1.38 bits per heavy atom. The minimum atomic E-state index is -0.365. The van der Waals surface area contributed by atoms with E-state index in [4.69, 9.17) is 5.11 Å². The Kier molecular flexibility index (Phi) is 4.26. The third-order valence-electron chi connectivity index (χ3n) is 2.39. The minimum absolute atomic E-state index is 0.0785. The van der Waals surface area contributed by atoms with Gasteiger partial charge in [0.25, 0.3) is 0 Å². The van der Waals surface area contributed by atoms with Crippen molar-refractivity contribution >= 4 is 0 Å². The maximum Gasteiger partial charge on any atom is 0.123 e. The average Bonchev–Trinajstić information content (AvgIpc) is 2.23. The summed E-state index contributed by atoms with van der Waals surface area (Å²) in [6.07, 6.45) is 0. The fourth-order valence-electron chi connectivity index (χ4n) is 1.29. The summed E-state index contributed by atoms with van der Waals surface area (Å²) in [5.41, 5.74) is 0.303. The van der Waals surface area contributed by atoms with Crippen molar-refractivity contribution in [3.63, 3.8) is 0 Å². The third-order valence-corrected chi connectivity index (χ3v) is 2.39. The predicted octanol–water partition coefficient (Wildman–Crippen LogP) is 1.64. The first-order valence-electron chi connectivity index (χ1n) is 5.23. The first-order valence-corrected chi connectivity index (χ1v) is 5.23. The zero-order valence-corrected chi connectivity index (χ0v) is 9.63. The number of aromatic hydroxyl groups is 1. The van der Waals surface area contributed by atoms with Crippen LogP contribution in [0.4, 0.5) is 4.39 Å². The minimum Gasteiger partial charge on any atom is -0.508 e. The summed E-state index contributed by atoms with van der Waals surface area (Å²) in [6.45, 7) is 4.90. The summed E-state index contributed by atoms with van der Waals surface area (Å²) >= 11 is 0. The molecule has 3 N–H and O–H groups in total. The molecule has 4 heteroatoms. The van der Waals surface area contributed by atoms with E-state index < -0.39 is 0 Å². The van der Waals surface area contributed by atoms with Crippen molar-refractivity contribution in [3.05, 3.63) is 29.6 Å². The van der Waals surface area contributed by atoms with Gasteiger partial charge in [-0.05, 0) is 18.2 Å². The van der Waals surface area contributed by atoms with Gasteiger partial charge >= 0.3 is 0 Å². The summed E-state index contributed by atoms with van der Waals surface area (Å²) in [6, 6.07) is 3.86. The van der Waals surface area contributed by atoms with Gasteiger partial charge in [0, 0.05) is 30.7 Å². The van der Waals surface area contributed by atoms with E-state index in [1.54, 1.807) is 0 Å². The Balaban J connectivity index is 2.52. The first-order chi connectivity index (χ1) is 7.44. The summed E-state index contributed by atoms with van der Waals surface area (Å²) in [7, 11) is 0. The van der Waals surface area contributed by atoms with Gasteiger partial charge in [0.05, 0.1) is 0 Å². The number of hydrogen-bond donors (Lipinski definition) is 3. The first kappa shape index (κ1) is 12.9. The number of nitrogens with one attached hydrogen (secondary N) is 1. The van der Waals surface area contributed by atoms with Gasteiger partial charge < -0.3 is 15.5 Å². The normalized spacial score (nSPS) is 11.8. The van der Waals surface area contributed by atoms with Crippen molar-refractivity contribution in [2.45, 2.75) is 20.4 Å². The molecule has 0 atom stereocenters. The lowest BCUT2D eigenvalue weighted by Crippen LogP contribution is -2.31. The maximum absolute atomic E-state index is 12.9. The maximum atomic E-state index is 12.9. The number of phenolic OH excluding ortho intramolecular Hbond substituents is 1. The van der Waals surface area contributed by atoms with Gasteiger partial charge in [-0.25, -0.2) is 4.39 Å². The van der Waals surface area contributed by atoms with Crippen molar-refractivity contribution in [2.75, 3.05) is 13.2 Å². The lowest BCUT2D eigenvalue weighted by atomic mass is 9.95. The molecule has 0 saturated heterocycles. The molecule has 0 aromatic heterocycles. The topological polar surface area (TPSA) is 52.5 Å². The summed E-state index contributed by atoms with van der Waals surface area (Å²) in [4.78, 5) is 0. The van der Waals surface area contributed by atoms with Crippen molar-refractivity contribution in [1.29, 1.82) is 0 Å². The lowest BCUT2D eigenvalue weighted by molar-refractivity contribution is 0.156. The average molecular weight is 227 g/mol. The van der Waals surface area contributed by atoms with Crippen molar-refractivity contribution < 1.29 is 14.6 Å². The molecule has 0 unspecified atom stereocenters. The quantitative estimate of drug-likeness (QED) is 0.716. The molecule has 90 valence electrons. The van der Waals surface area contributed by atoms with E-state index in [1.165, 1.54) is 18.2 Å². The zero-order valence-electron chi connectivity index (χ0n) is 9.63. The molecule has 0 fully saturated rings. The van der Waals surface area contributed by atoms with E-state index >= 15 is 0 Å². The van der Waals surface area contributed by atoms with Crippen LogP contribution < -0.4 is 5.32 Å². The number of aliphatic hydroxyl groups is 1. The second-order valence-electron chi connectivity index (χ2n) is 4.70. The molecule has 0 amide bonds. The predicted molar refractivity (Wildman–Crippen MR) is 60.6 cm³/mol. The van der Waals surface area contributed by atoms with E-state index in [9.17, 15) is 9.50 Å². The van der Waals surface area contributed by atoms with Crippen LogP contribution >= 0.6 is 0 Å². The standard InChI is InChI=1S/C12H18FNO2/c1-12(2,8-15)7-14-6-9-5-10(13)3-4-11(9)16/h3-5,14-16H,6-8H2,1-2H3. The van der Waals surface area contributed by atoms with Crippen LogP contribution in [-0.2, 0) is 6.54 Å². The van der Waals surface area contributed by atoms with Crippen LogP contribution in [0.5, 0.6) is 5.75 Å². The van der Waals surface area contributed by atoms with Crippen molar-refractivity contribution in [2.24, 2.45) is 5.41 Å². The second kappa shape index (κ2) is 5.27. The monoisotopic (exact) mass is 227 g/mol. The summed E-state index contributed by atoms with van der Waals surface area (Å²) in [5, 5.41) is 21.6. The van der Waals surface area contributed by atoms with Crippen LogP contribution in [0, 0.1) is 11.2 Å². The van der Waals surface area contributed by atoms with Gasteiger partial charge in [-0.2, -0.15) is 0 Å². The summed E-state index contributed by atoms with van der Waals surface area (Å²) in [5.74, 6) is -0.285. The number of halogens is 1. The third kappa shape index (κ3) is 3.79. The van der Waals surface area contributed by atoms with E-state index in [1.807, 2.05) is 13.8 Å². The van der Waals surface area contributed by atoms with Crippen LogP contribution in [-0.4, -0.2) is 23.4 Å². The zero-order chi connectivity index (χ0) is 12.2. The van der Waals surface area contributed by atoms with Gasteiger partial charge in [-0.1, -0.05) is 13.8 Å². The Bertz CT molecular complexity index is 353. The van der Waals surface area contributed by atoms with Gasteiger partial charge in [0.15, 0.2) is 0 Å². The van der Waals surface area contributed by atoms with E-state index in [2.05, 4.69) is 5.32 Å². The molecule has 0 spiro atoms. The van der Waals surface area contributed by atoms with E-state index in [0.29, 0.717) is 18.7 Å². The fourth-order valence-corrected chi connectivity index (χ4v) is 1.29. The summed E-state index contributed by atoms with van der Waals surface area (Å²) < 4.78 is 12.9. The SMILES string of the molecule is CC(C)(CO)CNCc1cc(F)ccc1O. The molecular weight excluding hydrogens is 209 g/mol. The van der Waals surface area contributed by atoms with E-state index in [0.717, 1.165) is 0 Å². The molecule has 0 radical (unpaired) electrons. The highest BCUT2D eigenvalue weighted by Crippen LogP contribution is 2.18. The van der Waals surface area contributed by atoms with Gasteiger partial charge in [-0.15, -0.1) is 0 Å². The number of hydrogen-bond acceptors (Lipinski definition) is 3. The number of rotatable bonds is 5. The molecule has 0 aliphatic carbocycles. The Labute approximate surface area is 94.9 Å². The Morgan fingerprint density at radius 2 is 2.06 bits per heavy atom. The number of benzene rings is 1. The van der Waals surface area contributed by atoms with Crippen LogP contribution in [0.3, 0.4) is 0 Å². The lowest BCUT2D eigenvalue weighted by Gasteiger charge is -2.22. The van der Waals surface area contributed by atoms with Gasteiger partial charge in [0.2, 0.25) is 0 Å². The van der Waals surface area contributed by atoms with E-state index in [-0.39, 0.29) is 23.6 Å². The van der Waals surface area contributed by atoms with Gasteiger partial charge in [0.1, 0.15) is 11.6 Å². The number of phenols is 1. The van der Waals surface area contributed by atoms with Crippen molar-refractivity contribution in [3.8, 4) is 5.75 Å². The molecule has 1 aromatic carbocycles. The molecule has 0 heterocycles. The molecule has 1 rings (SSSR count). The molecule has 16 heavy (non-hydrogen) atoms. The molecule has 0 aliphatic heterocycles.